The van der Waals surface area contributed by atoms with Gasteiger partial charge in [-0.1, -0.05) is 30.3 Å². The van der Waals surface area contributed by atoms with Crippen molar-refractivity contribution in [2.45, 2.75) is 19.4 Å². The lowest BCUT2D eigenvalue weighted by Gasteiger charge is -2.14. The molecule has 0 heterocycles. The van der Waals surface area contributed by atoms with Gasteiger partial charge in [0.25, 0.3) is 5.91 Å². The van der Waals surface area contributed by atoms with Gasteiger partial charge in [0.1, 0.15) is 6.54 Å². The highest BCUT2D eigenvalue weighted by Crippen LogP contribution is 2.10. The van der Waals surface area contributed by atoms with Crippen molar-refractivity contribution >= 4 is 29.4 Å². The largest absolute Gasteiger partial charge is 0.451 e. The maximum absolute atomic E-state index is 12.1. The van der Waals surface area contributed by atoms with Crippen LogP contribution in [0, 0.1) is 0 Å². The Morgan fingerprint density at radius 1 is 1.00 bits per heavy atom. The van der Waals surface area contributed by atoms with Gasteiger partial charge in [0, 0.05) is 11.3 Å². The summed E-state index contributed by atoms with van der Waals surface area (Å²) in [6.45, 7) is 1.08. The van der Waals surface area contributed by atoms with Gasteiger partial charge in [0.15, 0.2) is 6.10 Å². The van der Waals surface area contributed by atoms with Crippen LogP contribution in [-0.2, 0) is 25.5 Å². The maximum Gasteiger partial charge on any atom is 0.326 e. The van der Waals surface area contributed by atoms with E-state index in [0.717, 1.165) is 5.56 Å². The van der Waals surface area contributed by atoms with Crippen molar-refractivity contribution in [3.63, 3.8) is 0 Å². The summed E-state index contributed by atoms with van der Waals surface area (Å²) < 4.78 is 5.01. The monoisotopic (exact) mass is 383 g/mol. The van der Waals surface area contributed by atoms with E-state index < -0.39 is 23.9 Å². The maximum atomic E-state index is 12.1. The molecule has 1 unspecified atom stereocenters. The fourth-order valence-electron chi connectivity index (χ4n) is 2.27. The number of nitrogens with two attached hydrogens (primary N) is 1. The number of carbonyl (C=O) groups is 4. The number of rotatable bonds is 8. The smallest absolute Gasteiger partial charge is 0.326 e. The molecule has 1 atom stereocenters. The molecule has 2 rings (SSSR count). The molecule has 0 aliphatic heterocycles. The van der Waals surface area contributed by atoms with Gasteiger partial charge < -0.3 is 21.1 Å². The number of carbonyl (C=O) groups excluding carboxylic acids is 4. The fraction of sp³-hybridized carbons (Fsp3) is 0.200. The van der Waals surface area contributed by atoms with Crippen LogP contribution in [0.1, 0.15) is 22.8 Å². The minimum Gasteiger partial charge on any atom is -0.451 e. The third-order valence-electron chi connectivity index (χ3n) is 3.75. The Balaban J connectivity index is 1.75. The first-order chi connectivity index (χ1) is 13.3. The molecule has 8 heteroatoms. The molecule has 0 fully saturated rings. The van der Waals surface area contributed by atoms with E-state index in [-0.39, 0.29) is 18.9 Å². The molecule has 8 nitrogen and oxygen atoms in total. The second-order valence-electron chi connectivity index (χ2n) is 6.00. The minimum absolute atomic E-state index is 0.144. The highest BCUT2D eigenvalue weighted by atomic mass is 16.5. The van der Waals surface area contributed by atoms with Gasteiger partial charge in [0.2, 0.25) is 11.8 Å². The highest BCUT2D eigenvalue weighted by Gasteiger charge is 2.18. The van der Waals surface area contributed by atoms with Crippen LogP contribution >= 0.6 is 0 Å². The SMILES string of the molecule is CC(OC(=O)CNC(=O)Cc1ccccc1)C(=O)Nc1ccc(C(N)=O)cc1. The summed E-state index contributed by atoms with van der Waals surface area (Å²) in [5.41, 5.74) is 6.70. The molecule has 0 radical (unpaired) electrons. The highest BCUT2D eigenvalue weighted by molar-refractivity contribution is 5.97. The lowest BCUT2D eigenvalue weighted by atomic mass is 10.1. The molecule has 28 heavy (non-hydrogen) atoms. The molecule has 3 amide bonds. The second-order valence-corrected chi connectivity index (χ2v) is 6.00. The molecule has 4 N–H and O–H groups in total. The van der Waals surface area contributed by atoms with Crippen LogP contribution in [0.2, 0.25) is 0 Å². The molecule has 0 saturated carbocycles. The van der Waals surface area contributed by atoms with E-state index in [1.807, 2.05) is 18.2 Å². The number of hydrogen-bond donors (Lipinski definition) is 3. The van der Waals surface area contributed by atoms with Crippen molar-refractivity contribution in [3.8, 4) is 0 Å². The molecule has 0 bridgehead atoms. The van der Waals surface area contributed by atoms with Crippen LogP contribution in [0.25, 0.3) is 0 Å². The zero-order valence-corrected chi connectivity index (χ0v) is 15.3. The summed E-state index contributed by atoms with van der Waals surface area (Å²) in [5, 5.41) is 5.01. The van der Waals surface area contributed by atoms with Crippen molar-refractivity contribution in [2.75, 3.05) is 11.9 Å². The Kier molecular flexibility index (Phi) is 7.27. The van der Waals surface area contributed by atoms with Crippen molar-refractivity contribution in [3.05, 3.63) is 65.7 Å². The van der Waals surface area contributed by atoms with Crippen molar-refractivity contribution in [2.24, 2.45) is 5.73 Å². The first-order valence-electron chi connectivity index (χ1n) is 8.56. The summed E-state index contributed by atoms with van der Waals surface area (Å²) in [5.74, 6) is -2.17. The number of hydrogen-bond acceptors (Lipinski definition) is 5. The molecular weight excluding hydrogens is 362 g/mol. The van der Waals surface area contributed by atoms with Gasteiger partial charge in [-0.05, 0) is 36.8 Å². The standard InChI is InChI=1S/C20H21N3O5/c1-13(20(27)23-16-9-7-15(8-10-16)19(21)26)28-18(25)12-22-17(24)11-14-5-3-2-4-6-14/h2-10,13H,11-12H2,1H3,(H2,21,26)(H,22,24)(H,23,27). The fourth-order valence-corrected chi connectivity index (χ4v) is 2.27. The van der Waals surface area contributed by atoms with E-state index >= 15 is 0 Å². The Labute approximate surface area is 162 Å². The number of amides is 3. The molecular formula is C20H21N3O5. The van der Waals surface area contributed by atoms with Gasteiger partial charge in [0.05, 0.1) is 6.42 Å². The van der Waals surface area contributed by atoms with E-state index in [4.69, 9.17) is 10.5 Å². The number of anilines is 1. The van der Waals surface area contributed by atoms with Gasteiger partial charge in [-0.25, -0.2) is 0 Å². The van der Waals surface area contributed by atoms with Crippen LogP contribution in [-0.4, -0.2) is 36.3 Å². The Morgan fingerprint density at radius 2 is 1.64 bits per heavy atom. The summed E-state index contributed by atoms with van der Waals surface area (Å²) in [6.07, 6.45) is -0.916. The molecule has 0 spiro atoms. The predicted octanol–water partition coefficient (Wildman–Crippen LogP) is 1.01. The lowest BCUT2D eigenvalue weighted by Crippen LogP contribution is -2.36. The summed E-state index contributed by atoms with van der Waals surface area (Å²) in [7, 11) is 0. The van der Waals surface area contributed by atoms with Gasteiger partial charge >= 0.3 is 5.97 Å². The zero-order valence-electron chi connectivity index (χ0n) is 15.3. The number of ether oxygens (including phenoxy) is 1. The zero-order chi connectivity index (χ0) is 20.5. The number of benzene rings is 2. The lowest BCUT2D eigenvalue weighted by molar-refractivity contribution is -0.152. The molecule has 0 aliphatic carbocycles. The minimum atomic E-state index is -1.06. The van der Waals surface area contributed by atoms with E-state index in [0.29, 0.717) is 11.3 Å². The first kappa shape index (κ1) is 20.6. The van der Waals surface area contributed by atoms with E-state index in [1.165, 1.54) is 31.2 Å². The quantitative estimate of drug-likeness (QED) is 0.586. The average molecular weight is 383 g/mol. The van der Waals surface area contributed by atoms with E-state index in [1.54, 1.807) is 12.1 Å². The van der Waals surface area contributed by atoms with Crippen LogP contribution in [0.5, 0.6) is 0 Å². The number of primary amides is 1. The summed E-state index contributed by atoms with van der Waals surface area (Å²) >= 11 is 0. The molecule has 146 valence electrons. The molecule has 2 aromatic rings. The van der Waals surface area contributed by atoms with Crippen molar-refractivity contribution in [1.29, 1.82) is 0 Å². The van der Waals surface area contributed by atoms with E-state index in [2.05, 4.69) is 10.6 Å². The first-order valence-corrected chi connectivity index (χ1v) is 8.56. The third-order valence-corrected chi connectivity index (χ3v) is 3.75. The van der Waals surface area contributed by atoms with Gasteiger partial charge in [-0.2, -0.15) is 0 Å². The number of nitrogens with one attached hydrogen (secondary N) is 2. The molecule has 0 aliphatic rings. The van der Waals surface area contributed by atoms with Crippen LogP contribution in [0.4, 0.5) is 5.69 Å². The Bertz CT molecular complexity index is 850. The van der Waals surface area contributed by atoms with Crippen molar-refractivity contribution in [1.82, 2.24) is 5.32 Å². The van der Waals surface area contributed by atoms with Crippen LogP contribution in [0.15, 0.2) is 54.6 Å². The van der Waals surface area contributed by atoms with Crippen LogP contribution in [0.3, 0.4) is 0 Å². The van der Waals surface area contributed by atoms with Gasteiger partial charge in [-0.15, -0.1) is 0 Å². The second kappa shape index (κ2) is 9.86. The Morgan fingerprint density at radius 3 is 2.25 bits per heavy atom. The third kappa shape index (κ3) is 6.56. The summed E-state index contributed by atoms with van der Waals surface area (Å²) in [4.78, 5) is 46.7. The number of esters is 1. The van der Waals surface area contributed by atoms with Crippen molar-refractivity contribution < 1.29 is 23.9 Å². The van der Waals surface area contributed by atoms with E-state index in [9.17, 15) is 19.2 Å². The predicted molar refractivity (Wildman–Crippen MR) is 102 cm³/mol. The van der Waals surface area contributed by atoms with Crippen LogP contribution < -0.4 is 16.4 Å². The topological polar surface area (TPSA) is 128 Å². The molecule has 0 aromatic heterocycles. The molecule has 2 aromatic carbocycles. The summed E-state index contributed by atoms with van der Waals surface area (Å²) in [6, 6.07) is 15.1. The Hall–Kier alpha value is -3.68. The molecule has 0 saturated heterocycles. The average Bonchev–Trinajstić information content (AvgIpc) is 2.67. The van der Waals surface area contributed by atoms with Gasteiger partial charge in [-0.3, -0.25) is 19.2 Å². The normalized spacial score (nSPS) is 11.2.